The number of thiazole rings is 1. The maximum absolute atomic E-state index is 2.45. The van der Waals surface area contributed by atoms with Crippen LogP contribution in [-0.2, 0) is 6.54 Å². The lowest BCUT2D eigenvalue weighted by Gasteiger charge is -2.24. The molecule has 0 saturated carbocycles. The Morgan fingerprint density at radius 3 is 2.79 bits per heavy atom. The van der Waals surface area contributed by atoms with E-state index in [0.717, 1.165) is 6.54 Å². The number of hydrogen-bond acceptors (Lipinski definition) is 2. The first-order valence-electron chi connectivity index (χ1n) is 7.22. The van der Waals surface area contributed by atoms with Crippen LogP contribution >= 0.6 is 11.3 Å². The zero-order valence-corrected chi connectivity index (χ0v) is 12.3. The van der Waals surface area contributed by atoms with Crippen molar-refractivity contribution < 1.29 is 4.57 Å². The summed E-state index contributed by atoms with van der Waals surface area (Å²) in [7, 11) is 0. The molecule has 0 N–H and O–H groups in total. The molecule has 0 aliphatic carbocycles. The minimum absolute atomic E-state index is 1.03. The maximum Gasteiger partial charge on any atom is 0.264 e. The molecule has 1 saturated heterocycles. The van der Waals surface area contributed by atoms with Gasteiger partial charge in [-0.1, -0.05) is 23.5 Å². The molecule has 1 fully saturated rings. The van der Waals surface area contributed by atoms with Crippen LogP contribution in [0.2, 0.25) is 0 Å². The van der Waals surface area contributed by atoms with Crippen LogP contribution in [0.3, 0.4) is 0 Å². The molecule has 0 atom stereocenters. The van der Waals surface area contributed by atoms with E-state index < -0.39 is 0 Å². The van der Waals surface area contributed by atoms with Crippen LogP contribution in [0.5, 0.6) is 0 Å². The monoisotopic (exact) mass is 273 g/mol. The summed E-state index contributed by atoms with van der Waals surface area (Å²) in [4.78, 5) is 2.45. The Balaban J connectivity index is 1.89. The standard InChI is InChI=1S/C16H21N2S/c1-2-18-14-8-4-5-9-15(14)19-16(18)10-13-17-11-6-3-7-12-17/h4-5,8-10,13H,2-3,6-7,11-12H2,1H3/q+1. The lowest BCUT2D eigenvalue weighted by atomic mass is 10.1. The highest BCUT2D eigenvalue weighted by molar-refractivity contribution is 7.18. The van der Waals surface area contributed by atoms with Crippen LogP contribution in [0, 0.1) is 0 Å². The summed E-state index contributed by atoms with van der Waals surface area (Å²) in [5.41, 5.74) is 1.35. The number of fused-ring (bicyclic) bond motifs is 1. The minimum atomic E-state index is 1.03. The highest BCUT2D eigenvalue weighted by Crippen LogP contribution is 2.21. The first-order chi connectivity index (χ1) is 9.38. The molecule has 19 heavy (non-hydrogen) atoms. The Hall–Kier alpha value is -1.35. The summed E-state index contributed by atoms with van der Waals surface area (Å²) in [6.07, 6.45) is 8.65. The number of rotatable bonds is 3. The van der Waals surface area contributed by atoms with Crippen LogP contribution in [-0.4, -0.2) is 18.0 Å². The third kappa shape index (κ3) is 2.66. The molecule has 2 heterocycles. The van der Waals surface area contributed by atoms with E-state index in [1.54, 1.807) is 0 Å². The fourth-order valence-electron chi connectivity index (χ4n) is 2.74. The van der Waals surface area contributed by atoms with Crippen molar-refractivity contribution in [2.75, 3.05) is 13.1 Å². The van der Waals surface area contributed by atoms with E-state index in [1.165, 1.54) is 47.6 Å². The third-order valence-electron chi connectivity index (χ3n) is 3.77. The lowest BCUT2D eigenvalue weighted by Crippen LogP contribution is -2.33. The Morgan fingerprint density at radius 1 is 1.21 bits per heavy atom. The fourth-order valence-corrected chi connectivity index (χ4v) is 3.86. The predicted molar refractivity (Wildman–Crippen MR) is 82.2 cm³/mol. The molecule has 3 heteroatoms. The molecule has 0 spiro atoms. The molecule has 100 valence electrons. The van der Waals surface area contributed by atoms with Gasteiger partial charge in [-0.3, -0.25) is 0 Å². The van der Waals surface area contributed by atoms with E-state index in [-0.39, 0.29) is 0 Å². The average Bonchev–Trinajstić information content (AvgIpc) is 2.83. The van der Waals surface area contributed by atoms with Crippen LogP contribution in [0.25, 0.3) is 16.3 Å². The quantitative estimate of drug-likeness (QED) is 0.774. The van der Waals surface area contributed by atoms with Gasteiger partial charge in [-0.15, -0.1) is 0 Å². The van der Waals surface area contributed by atoms with Gasteiger partial charge in [0.05, 0.1) is 0 Å². The van der Waals surface area contributed by atoms with Gasteiger partial charge in [0.1, 0.15) is 11.2 Å². The molecule has 0 unspecified atom stereocenters. The second-order valence-electron chi connectivity index (χ2n) is 5.06. The summed E-state index contributed by atoms with van der Waals surface area (Å²) >= 11 is 1.89. The van der Waals surface area contributed by atoms with Crippen molar-refractivity contribution in [1.29, 1.82) is 0 Å². The number of likely N-dealkylation sites (tertiary alicyclic amines) is 1. The first-order valence-corrected chi connectivity index (χ1v) is 8.04. The van der Waals surface area contributed by atoms with Gasteiger partial charge in [-0.25, -0.2) is 0 Å². The van der Waals surface area contributed by atoms with Crippen LogP contribution in [0.4, 0.5) is 0 Å². The number of benzene rings is 1. The molecule has 2 aromatic rings. The van der Waals surface area contributed by atoms with Gasteiger partial charge in [0, 0.05) is 31.4 Å². The van der Waals surface area contributed by atoms with Crippen molar-refractivity contribution in [2.24, 2.45) is 0 Å². The average molecular weight is 273 g/mol. The Morgan fingerprint density at radius 2 is 2.00 bits per heavy atom. The molecule has 1 aliphatic rings. The van der Waals surface area contributed by atoms with Crippen LogP contribution in [0.1, 0.15) is 31.2 Å². The van der Waals surface area contributed by atoms with Crippen molar-refractivity contribution >= 4 is 27.6 Å². The normalized spacial score (nSPS) is 16.6. The van der Waals surface area contributed by atoms with E-state index in [0.29, 0.717) is 0 Å². The molecule has 0 radical (unpaired) electrons. The summed E-state index contributed by atoms with van der Waals surface area (Å²) < 4.78 is 3.78. The third-order valence-corrected chi connectivity index (χ3v) is 4.90. The molecule has 3 rings (SSSR count). The van der Waals surface area contributed by atoms with Gasteiger partial charge in [0.25, 0.3) is 5.01 Å². The largest absolute Gasteiger partial charge is 0.377 e. The molecule has 1 aromatic heterocycles. The van der Waals surface area contributed by atoms with Crippen LogP contribution in [0.15, 0.2) is 30.5 Å². The highest BCUT2D eigenvalue weighted by Gasteiger charge is 2.16. The van der Waals surface area contributed by atoms with Gasteiger partial charge in [0.15, 0.2) is 0 Å². The van der Waals surface area contributed by atoms with Crippen LogP contribution < -0.4 is 4.57 Å². The van der Waals surface area contributed by atoms with Gasteiger partial charge < -0.3 is 4.90 Å². The van der Waals surface area contributed by atoms with E-state index >= 15 is 0 Å². The van der Waals surface area contributed by atoms with Crippen molar-refractivity contribution in [3.63, 3.8) is 0 Å². The van der Waals surface area contributed by atoms with Crippen molar-refractivity contribution in [3.8, 4) is 0 Å². The van der Waals surface area contributed by atoms with Gasteiger partial charge in [-0.2, -0.15) is 4.57 Å². The number of hydrogen-bond donors (Lipinski definition) is 0. The lowest BCUT2D eigenvalue weighted by molar-refractivity contribution is -0.665. The maximum atomic E-state index is 2.45. The molecule has 2 nitrogen and oxygen atoms in total. The molecule has 1 aromatic carbocycles. The highest BCUT2D eigenvalue weighted by atomic mass is 32.1. The summed E-state index contributed by atoms with van der Waals surface area (Å²) in [5, 5.41) is 1.36. The van der Waals surface area contributed by atoms with Crippen molar-refractivity contribution in [2.45, 2.75) is 32.7 Å². The number of piperidine rings is 1. The summed E-state index contributed by atoms with van der Waals surface area (Å²) in [5.74, 6) is 0. The smallest absolute Gasteiger partial charge is 0.264 e. The Kier molecular flexibility index (Phi) is 3.83. The topological polar surface area (TPSA) is 7.12 Å². The van der Waals surface area contributed by atoms with Gasteiger partial charge in [-0.05, 0) is 32.3 Å². The molecule has 1 aliphatic heterocycles. The van der Waals surface area contributed by atoms with E-state index in [4.69, 9.17) is 0 Å². The molecular weight excluding hydrogens is 252 g/mol. The molecule has 0 amide bonds. The summed E-state index contributed by atoms with van der Waals surface area (Å²) in [6, 6.07) is 8.67. The van der Waals surface area contributed by atoms with Gasteiger partial charge >= 0.3 is 0 Å². The molecule has 0 bridgehead atoms. The number of nitrogens with zero attached hydrogens (tertiary/aromatic N) is 2. The van der Waals surface area contributed by atoms with Gasteiger partial charge in [0.2, 0.25) is 5.52 Å². The number of aromatic nitrogens is 1. The number of para-hydroxylation sites is 1. The first kappa shape index (κ1) is 12.7. The zero-order chi connectivity index (χ0) is 13.1. The second-order valence-corrected chi connectivity index (χ2v) is 6.13. The number of aryl methyl sites for hydroxylation is 1. The Bertz CT molecular complexity index is 579. The van der Waals surface area contributed by atoms with Crippen molar-refractivity contribution in [3.05, 3.63) is 35.5 Å². The van der Waals surface area contributed by atoms with E-state index in [9.17, 15) is 0 Å². The van der Waals surface area contributed by atoms with E-state index in [2.05, 4.69) is 52.9 Å². The Labute approximate surface area is 119 Å². The summed E-state index contributed by atoms with van der Waals surface area (Å²) in [6.45, 7) is 5.68. The van der Waals surface area contributed by atoms with Crippen molar-refractivity contribution in [1.82, 2.24) is 4.90 Å². The SMILES string of the molecule is CC[n+]1c(/C=C/N2CCCCC2)sc2ccccc21. The van der Waals surface area contributed by atoms with E-state index in [1.807, 2.05) is 11.3 Å². The predicted octanol–water partition coefficient (Wildman–Crippen LogP) is 3.67. The zero-order valence-electron chi connectivity index (χ0n) is 11.5. The fraction of sp³-hybridized carbons (Fsp3) is 0.438. The molecular formula is C16H21N2S+. The second kappa shape index (κ2) is 5.74. The minimum Gasteiger partial charge on any atom is -0.377 e.